The number of ether oxygens (including phenoxy) is 1. The largest absolute Gasteiger partial charge is 0.385 e. The number of nitrogens with zero attached hydrogens (tertiary/aromatic N) is 1. The normalized spacial score (nSPS) is 11.8. The molecule has 0 aromatic heterocycles. The molecule has 6 heteroatoms. The van der Waals surface area contributed by atoms with Crippen LogP contribution in [0.1, 0.15) is 6.42 Å². The highest BCUT2D eigenvalue weighted by Crippen LogP contribution is 2.05. The number of rotatable bonds is 7. The van der Waals surface area contributed by atoms with Gasteiger partial charge < -0.3 is 20.7 Å². The lowest BCUT2D eigenvalue weighted by molar-refractivity contribution is -0.134. The molecule has 20 heavy (non-hydrogen) atoms. The summed E-state index contributed by atoms with van der Waals surface area (Å²) in [7, 11) is 3.10. The average molecular weight is 279 g/mol. The highest BCUT2D eigenvalue weighted by Gasteiger charge is 2.19. The van der Waals surface area contributed by atoms with E-state index in [9.17, 15) is 9.59 Å². The van der Waals surface area contributed by atoms with E-state index in [4.69, 9.17) is 10.5 Å². The van der Waals surface area contributed by atoms with Gasteiger partial charge in [0.15, 0.2) is 0 Å². The second-order valence-corrected chi connectivity index (χ2v) is 4.50. The van der Waals surface area contributed by atoms with E-state index in [1.165, 1.54) is 4.90 Å². The number of nitrogens with two attached hydrogens (primary N) is 1. The molecule has 0 saturated heterocycles. The molecule has 0 heterocycles. The van der Waals surface area contributed by atoms with Gasteiger partial charge in [-0.05, 0) is 18.6 Å². The zero-order chi connectivity index (χ0) is 15.0. The van der Waals surface area contributed by atoms with Crippen molar-refractivity contribution in [2.45, 2.75) is 12.5 Å². The van der Waals surface area contributed by atoms with Gasteiger partial charge >= 0.3 is 0 Å². The van der Waals surface area contributed by atoms with Crippen molar-refractivity contribution < 1.29 is 14.3 Å². The smallest absolute Gasteiger partial charge is 0.243 e. The molecule has 0 aliphatic rings. The molecule has 3 N–H and O–H groups in total. The first-order valence-corrected chi connectivity index (χ1v) is 6.39. The van der Waals surface area contributed by atoms with E-state index in [1.54, 1.807) is 26.3 Å². The van der Waals surface area contributed by atoms with Gasteiger partial charge in [-0.15, -0.1) is 0 Å². The molecule has 0 spiro atoms. The lowest BCUT2D eigenvalue weighted by atomic mass is 10.2. The van der Waals surface area contributed by atoms with Crippen molar-refractivity contribution in [2.75, 3.05) is 32.6 Å². The Morgan fingerprint density at radius 1 is 1.35 bits per heavy atom. The van der Waals surface area contributed by atoms with Crippen molar-refractivity contribution in [3.63, 3.8) is 0 Å². The van der Waals surface area contributed by atoms with Gasteiger partial charge in [0, 0.05) is 26.5 Å². The van der Waals surface area contributed by atoms with Crippen molar-refractivity contribution >= 4 is 17.5 Å². The standard InChI is InChI=1S/C14H21N3O3/c1-17(14(19)12(15)8-9-20-2)10-13(18)16-11-6-4-3-5-7-11/h3-7,12H,8-10,15H2,1-2H3,(H,16,18). The number of methoxy groups -OCH3 is 1. The Hall–Kier alpha value is -1.92. The quantitative estimate of drug-likeness (QED) is 0.759. The minimum Gasteiger partial charge on any atom is -0.385 e. The van der Waals surface area contributed by atoms with Crippen LogP contribution in [0.3, 0.4) is 0 Å². The van der Waals surface area contributed by atoms with E-state index in [1.807, 2.05) is 18.2 Å². The Kier molecular flexibility index (Phi) is 6.69. The summed E-state index contributed by atoms with van der Waals surface area (Å²) in [6, 6.07) is 8.43. The van der Waals surface area contributed by atoms with E-state index < -0.39 is 6.04 Å². The minimum absolute atomic E-state index is 0.0333. The Morgan fingerprint density at radius 2 is 2.00 bits per heavy atom. The molecule has 0 saturated carbocycles. The van der Waals surface area contributed by atoms with Crippen molar-refractivity contribution in [1.82, 2.24) is 4.90 Å². The van der Waals surface area contributed by atoms with Crippen LogP contribution in [0.15, 0.2) is 30.3 Å². The lowest BCUT2D eigenvalue weighted by Crippen LogP contribution is -2.45. The van der Waals surface area contributed by atoms with Crippen LogP contribution in [0.5, 0.6) is 0 Å². The van der Waals surface area contributed by atoms with Gasteiger partial charge in [-0.3, -0.25) is 9.59 Å². The molecule has 1 aromatic rings. The molecule has 0 aliphatic carbocycles. The summed E-state index contributed by atoms with van der Waals surface area (Å²) < 4.78 is 4.87. The summed E-state index contributed by atoms with van der Waals surface area (Å²) in [4.78, 5) is 25.0. The van der Waals surface area contributed by atoms with Crippen molar-refractivity contribution in [3.05, 3.63) is 30.3 Å². The van der Waals surface area contributed by atoms with Crippen LogP contribution in [-0.2, 0) is 14.3 Å². The highest BCUT2D eigenvalue weighted by atomic mass is 16.5. The van der Waals surface area contributed by atoms with Crippen LogP contribution < -0.4 is 11.1 Å². The number of para-hydroxylation sites is 1. The van der Waals surface area contributed by atoms with E-state index in [0.29, 0.717) is 18.7 Å². The molecule has 6 nitrogen and oxygen atoms in total. The van der Waals surface area contributed by atoms with E-state index in [0.717, 1.165) is 0 Å². The number of amides is 2. The first kappa shape index (κ1) is 16.1. The molecule has 0 aliphatic heterocycles. The second-order valence-electron chi connectivity index (χ2n) is 4.50. The summed E-state index contributed by atoms with van der Waals surface area (Å²) in [6.07, 6.45) is 0.431. The zero-order valence-electron chi connectivity index (χ0n) is 11.8. The van der Waals surface area contributed by atoms with Gasteiger partial charge in [0.1, 0.15) is 0 Å². The van der Waals surface area contributed by atoms with Gasteiger partial charge in [0.05, 0.1) is 12.6 Å². The number of nitrogens with one attached hydrogen (secondary N) is 1. The topological polar surface area (TPSA) is 84.7 Å². The fourth-order valence-electron chi connectivity index (χ4n) is 1.67. The maximum Gasteiger partial charge on any atom is 0.243 e. The molecule has 1 rings (SSSR count). The molecule has 0 fully saturated rings. The Bertz CT molecular complexity index is 437. The highest BCUT2D eigenvalue weighted by molar-refractivity contribution is 5.95. The molecular formula is C14H21N3O3. The zero-order valence-corrected chi connectivity index (χ0v) is 11.8. The van der Waals surface area contributed by atoms with Crippen LogP contribution in [0.2, 0.25) is 0 Å². The SMILES string of the molecule is COCCC(N)C(=O)N(C)CC(=O)Nc1ccccc1. The number of hydrogen-bond acceptors (Lipinski definition) is 4. The van der Waals surface area contributed by atoms with Crippen molar-refractivity contribution in [1.29, 1.82) is 0 Å². The summed E-state index contributed by atoms with van der Waals surface area (Å²) in [6.45, 7) is 0.380. The summed E-state index contributed by atoms with van der Waals surface area (Å²) in [5, 5.41) is 2.71. The fourth-order valence-corrected chi connectivity index (χ4v) is 1.67. The van der Waals surface area contributed by atoms with Gasteiger partial charge in [0.2, 0.25) is 11.8 Å². The third kappa shape index (κ3) is 5.38. The number of anilines is 1. The van der Waals surface area contributed by atoms with E-state index in [-0.39, 0.29) is 18.4 Å². The molecule has 1 atom stereocenters. The van der Waals surface area contributed by atoms with E-state index in [2.05, 4.69) is 5.32 Å². The van der Waals surface area contributed by atoms with Crippen molar-refractivity contribution in [3.8, 4) is 0 Å². The predicted molar refractivity (Wildman–Crippen MR) is 77.2 cm³/mol. The molecule has 110 valence electrons. The number of benzene rings is 1. The Morgan fingerprint density at radius 3 is 2.60 bits per heavy atom. The molecule has 0 radical (unpaired) electrons. The van der Waals surface area contributed by atoms with Gasteiger partial charge in [-0.1, -0.05) is 18.2 Å². The first-order chi connectivity index (χ1) is 9.54. The summed E-state index contributed by atoms with van der Waals surface area (Å²) in [5.74, 6) is -0.531. The second kappa shape index (κ2) is 8.29. The van der Waals surface area contributed by atoms with Crippen molar-refractivity contribution in [2.24, 2.45) is 5.73 Å². The van der Waals surface area contributed by atoms with Crippen LogP contribution in [-0.4, -0.2) is 50.1 Å². The average Bonchev–Trinajstić information content (AvgIpc) is 2.44. The van der Waals surface area contributed by atoms with Gasteiger partial charge in [-0.25, -0.2) is 0 Å². The lowest BCUT2D eigenvalue weighted by Gasteiger charge is -2.20. The number of carbonyl (C=O) groups excluding carboxylic acids is 2. The summed E-state index contributed by atoms with van der Waals surface area (Å²) in [5.41, 5.74) is 6.43. The Balaban J connectivity index is 2.42. The maximum absolute atomic E-state index is 11.9. The van der Waals surface area contributed by atoms with E-state index >= 15 is 0 Å². The summed E-state index contributed by atoms with van der Waals surface area (Å²) >= 11 is 0. The first-order valence-electron chi connectivity index (χ1n) is 6.39. The molecule has 1 unspecified atom stereocenters. The number of hydrogen-bond donors (Lipinski definition) is 2. The fraction of sp³-hybridized carbons (Fsp3) is 0.429. The van der Waals surface area contributed by atoms with Crippen LogP contribution in [0.25, 0.3) is 0 Å². The van der Waals surface area contributed by atoms with Crippen LogP contribution in [0.4, 0.5) is 5.69 Å². The molecule has 0 bridgehead atoms. The monoisotopic (exact) mass is 279 g/mol. The number of carbonyl (C=O) groups is 2. The molecule has 1 aromatic carbocycles. The van der Waals surface area contributed by atoms with Gasteiger partial charge in [-0.2, -0.15) is 0 Å². The maximum atomic E-state index is 11.9. The van der Waals surface area contributed by atoms with Crippen LogP contribution in [0, 0.1) is 0 Å². The minimum atomic E-state index is -0.649. The third-order valence-electron chi connectivity index (χ3n) is 2.76. The molecule has 2 amide bonds. The Labute approximate surface area is 118 Å². The predicted octanol–water partition coefficient (Wildman–Crippen LogP) is 0.447. The third-order valence-corrected chi connectivity index (χ3v) is 2.76. The molecular weight excluding hydrogens is 258 g/mol. The van der Waals surface area contributed by atoms with Crippen LogP contribution >= 0.6 is 0 Å². The van der Waals surface area contributed by atoms with Gasteiger partial charge in [0.25, 0.3) is 0 Å². The number of likely N-dealkylation sites (N-methyl/N-ethyl adjacent to an activating group) is 1.